The van der Waals surface area contributed by atoms with Gasteiger partial charge in [0.1, 0.15) is 0 Å². The number of ether oxygens (including phenoxy) is 1. The van der Waals surface area contributed by atoms with Crippen LogP contribution in [0, 0.1) is 11.8 Å². The number of nitrogens with zero attached hydrogens (tertiary/aromatic N) is 1. The van der Waals surface area contributed by atoms with Gasteiger partial charge in [-0.15, -0.1) is 0 Å². The van der Waals surface area contributed by atoms with Gasteiger partial charge in [-0.25, -0.2) is 0 Å². The van der Waals surface area contributed by atoms with Crippen molar-refractivity contribution in [1.29, 1.82) is 0 Å². The number of hydrogen-bond acceptors (Lipinski definition) is 5. The Morgan fingerprint density at radius 3 is 2.50 bits per heavy atom. The van der Waals surface area contributed by atoms with Gasteiger partial charge in [-0.05, 0) is 38.3 Å². The predicted octanol–water partition coefficient (Wildman–Crippen LogP) is 0.397. The zero-order valence-electron chi connectivity index (χ0n) is 12.3. The number of ketones is 3. The first-order valence-corrected chi connectivity index (χ1v) is 7.74. The minimum Gasteiger partial charge on any atom is -0.330 e. The van der Waals surface area contributed by atoms with Crippen LogP contribution in [0.4, 0.5) is 0 Å². The fourth-order valence-electron chi connectivity index (χ4n) is 4.69. The molecule has 3 heterocycles. The van der Waals surface area contributed by atoms with Gasteiger partial charge in [-0.1, -0.05) is 6.42 Å². The van der Waals surface area contributed by atoms with Crippen LogP contribution in [-0.4, -0.2) is 46.0 Å². The quantitative estimate of drug-likeness (QED) is 0.655. The molecule has 6 nitrogen and oxygen atoms in total. The monoisotopic (exact) mass is 303 g/mol. The molecule has 3 aliphatic heterocycles. The summed E-state index contributed by atoms with van der Waals surface area (Å²) in [5, 5.41) is 0. The average Bonchev–Trinajstić information content (AvgIpc) is 2.80. The fraction of sp³-hybridized carbons (Fsp3) is 0.625. The number of amides is 1. The average molecular weight is 303 g/mol. The zero-order valence-corrected chi connectivity index (χ0v) is 12.3. The minimum atomic E-state index is -1.79. The van der Waals surface area contributed by atoms with Crippen molar-refractivity contribution in [2.45, 2.75) is 43.9 Å². The maximum absolute atomic E-state index is 12.9. The van der Waals surface area contributed by atoms with E-state index in [4.69, 9.17) is 4.74 Å². The number of Topliss-reactive ketones (excluding diaryl/α,β-unsaturated/α-hetero) is 1. The molecule has 2 bridgehead atoms. The second kappa shape index (κ2) is 4.13. The molecule has 0 N–H and O–H groups in total. The Kier molecular flexibility index (Phi) is 2.59. The van der Waals surface area contributed by atoms with E-state index >= 15 is 0 Å². The number of fused-ring (bicyclic) bond motifs is 3. The van der Waals surface area contributed by atoms with Crippen LogP contribution in [0.25, 0.3) is 0 Å². The van der Waals surface area contributed by atoms with E-state index in [0.29, 0.717) is 13.0 Å². The van der Waals surface area contributed by atoms with E-state index in [9.17, 15) is 19.2 Å². The van der Waals surface area contributed by atoms with E-state index in [2.05, 4.69) is 0 Å². The predicted molar refractivity (Wildman–Crippen MR) is 73.5 cm³/mol. The highest BCUT2D eigenvalue weighted by atomic mass is 16.6. The molecule has 2 unspecified atom stereocenters. The molecule has 6 heteroatoms. The van der Waals surface area contributed by atoms with Crippen molar-refractivity contribution in [3.63, 3.8) is 0 Å². The van der Waals surface area contributed by atoms with Gasteiger partial charge in [0.2, 0.25) is 5.60 Å². The third kappa shape index (κ3) is 1.30. The minimum absolute atomic E-state index is 0.216. The Morgan fingerprint density at radius 2 is 1.82 bits per heavy atom. The lowest BCUT2D eigenvalue weighted by molar-refractivity contribution is -0.155. The van der Waals surface area contributed by atoms with Crippen molar-refractivity contribution < 1.29 is 23.9 Å². The number of carbonyl (C=O) groups excluding carboxylic acids is 4. The Bertz CT molecular complexity index is 653. The van der Waals surface area contributed by atoms with E-state index < -0.39 is 34.9 Å². The van der Waals surface area contributed by atoms with E-state index in [0.717, 1.165) is 19.3 Å². The Labute approximate surface area is 127 Å². The molecule has 0 aromatic heterocycles. The summed E-state index contributed by atoms with van der Waals surface area (Å²) < 4.78 is 6.04. The molecule has 0 saturated carbocycles. The summed E-state index contributed by atoms with van der Waals surface area (Å²) in [6.45, 7) is 1.75. The first-order valence-electron chi connectivity index (χ1n) is 7.74. The molecule has 4 aliphatic rings. The Hall–Kier alpha value is -1.82. The summed E-state index contributed by atoms with van der Waals surface area (Å²) in [6.07, 6.45) is 5.53. The maximum atomic E-state index is 12.9. The zero-order chi connectivity index (χ0) is 15.7. The molecule has 1 amide bonds. The fourth-order valence-corrected chi connectivity index (χ4v) is 4.69. The number of carbonyl (C=O) groups is 4. The van der Waals surface area contributed by atoms with Gasteiger partial charge in [-0.2, -0.15) is 0 Å². The van der Waals surface area contributed by atoms with Crippen molar-refractivity contribution in [3.05, 3.63) is 12.2 Å². The first kappa shape index (κ1) is 13.8. The molecule has 0 aromatic rings. The molecule has 0 aromatic carbocycles. The molecule has 22 heavy (non-hydrogen) atoms. The van der Waals surface area contributed by atoms with E-state index in [-0.39, 0.29) is 11.6 Å². The van der Waals surface area contributed by atoms with Gasteiger partial charge in [0, 0.05) is 6.54 Å². The lowest BCUT2D eigenvalue weighted by Crippen LogP contribution is -2.64. The van der Waals surface area contributed by atoms with Gasteiger partial charge in [0.05, 0.1) is 11.8 Å². The standard InChI is InChI=1S/C16H17NO5/c1-9(18)16-13-11(20)6-5-10(19)12(13)15(22-16)7-3-2-4-8-17(15)14(16)21/h5-6,12-13H,2-4,7-8H2,1H3/t12-,13+,15?,16?/m1/s1. The topological polar surface area (TPSA) is 80.8 Å². The number of rotatable bonds is 1. The van der Waals surface area contributed by atoms with Gasteiger partial charge in [0.15, 0.2) is 23.1 Å². The summed E-state index contributed by atoms with van der Waals surface area (Å²) >= 11 is 0. The van der Waals surface area contributed by atoms with Crippen LogP contribution in [0.3, 0.4) is 0 Å². The van der Waals surface area contributed by atoms with Crippen LogP contribution in [0.1, 0.15) is 32.6 Å². The number of piperidine rings is 1. The summed E-state index contributed by atoms with van der Waals surface area (Å²) in [5.41, 5.74) is -2.90. The lowest BCUT2D eigenvalue weighted by atomic mass is 9.65. The highest BCUT2D eigenvalue weighted by Crippen LogP contribution is 2.60. The van der Waals surface area contributed by atoms with Crippen molar-refractivity contribution >= 4 is 23.3 Å². The van der Waals surface area contributed by atoms with Crippen LogP contribution in [0.5, 0.6) is 0 Å². The summed E-state index contributed by atoms with van der Waals surface area (Å²) in [7, 11) is 0. The summed E-state index contributed by atoms with van der Waals surface area (Å²) in [5.74, 6) is -3.22. The van der Waals surface area contributed by atoms with Crippen molar-refractivity contribution in [2.24, 2.45) is 11.8 Å². The Morgan fingerprint density at radius 1 is 1.14 bits per heavy atom. The second-order valence-corrected chi connectivity index (χ2v) is 6.60. The SMILES string of the molecule is CC(=O)C12OC3(CCCCCN3C1=O)[C@@H]1C(=O)C=CC(=O)[C@@H]12. The molecule has 0 radical (unpaired) electrons. The first-order chi connectivity index (χ1) is 10.4. The molecule has 3 fully saturated rings. The third-order valence-corrected chi connectivity index (χ3v) is 5.58. The normalized spacial score (nSPS) is 43.1. The molecule has 1 spiro atoms. The van der Waals surface area contributed by atoms with Crippen molar-refractivity contribution in [2.75, 3.05) is 6.54 Å². The third-order valence-electron chi connectivity index (χ3n) is 5.58. The number of hydrogen-bond donors (Lipinski definition) is 0. The molecular weight excluding hydrogens is 286 g/mol. The van der Waals surface area contributed by atoms with Gasteiger partial charge < -0.3 is 9.64 Å². The molecule has 4 rings (SSSR count). The molecule has 3 saturated heterocycles. The van der Waals surface area contributed by atoms with Crippen LogP contribution in [-0.2, 0) is 23.9 Å². The smallest absolute Gasteiger partial charge is 0.265 e. The second-order valence-electron chi connectivity index (χ2n) is 6.60. The van der Waals surface area contributed by atoms with Crippen LogP contribution in [0.15, 0.2) is 12.2 Å². The largest absolute Gasteiger partial charge is 0.330 e. The van der Waals surface area contributed by atoms with E-state index in [1.165, 1.54) is 19.1 Å². The highest BCUT2D eigenvalue weighted by molar-refractivity contribution is 6.20. The van der Waals surface area contributed by atoms with Gasteiger partial charge in [0.25, 0.3) is 5.91 Å². The van der Waals surface area contributed by atoms with E-state index in [1.807, 2.05) is 0 Å². The molecule has 4 atom stereocenters. The maximum Gasteiger partial charge on any atom is 0.265 e. The highest BCUT2D eigenvalue weighted by Gasteiger charge is 2.80. The van der Waals surface area contributed by atoms with Crippen LogP contribution >= 0.6 is 0 Å². The van der Waals surface area contributed by atoms with Crippen molar-refractivity contribution in [3.8, 4) is 0 Å². The molecule has 1 aliphatic carbocycles. The number of allylic oxidation sites excluding steroid dienone is 2. The van der Waals surface area contributed by atoms with Gasteiger partial charge >= 0.3 is 0 Å². The van der Waals surface area contributed by atoms with Crippen LogP contribution < -0.4 is 0 Å². The molecular formula is C16H17NO5. The van der Waals surface area contributed by atoms with E-state index in [1.54, 1.807) is 4.90 Å². The van der Waals surface area contributed by atoms with Crippen molar-refractivity contribution in [1.82, 2.24) is 4.90 Å². The lowest BCUT2D eigenvalue weighted by Gasteiger charge is -2.43. The summed E-state index contributed by atoms with van der Waals surface area (Å²) in [4.78, 5) is 51.6. The molecule has 116 valence electrons. The Balaban J connectivity index is 1.97. The van der Waals surface area contributed by atoms with Crippen LogP contribution in [0.2, 0.25) is 0 Å². The summed E-state index contributed by atoms with van der Waals surface area (Å²) in [6, 6.07) is 0. The van der Waals surface area contributed by atoms with Gasteiger partial charge in [-0.3, -0.25) is 19.2 Å².